The van der Waals surface area contributed by atoms with Gasteiger partial charge in [0, 0.05) is 13.1 Å². The topological polar surface area (TPSA) is 49.8 Å². The normalized spacial score (nSPS) is 23.1. The summed E-state index contributed by atoms with van der Waals surface area (Å²) in [6.07, 6.45) is 2.69. The lowest BCUT2D eigenvalue weighted by atomic mass is 9.97. The van der Waals surface area contributed by atoms with E-state index in [0.717, 1.165) is 38.9 Å². The Morgan fingerprint density at radius 1 is 1.56 bits per heavy atom. The van der Waals surface area contributed by atoms with E-state index in [2.05, 4.69) is 4.90 Å². The third kappa shape index (κ3) is 4.49. The molecular formula is C12H23NO3. The molecular weight excluding hydrogens is 206 g/mol. The Balaban J connectivity index is 2.36. The van der Waals surface area contributed by atoms with E-state index in [-0.39, 0.29) is 11.9 Å². The highest BCUT2D eigenvalue weighted by atomic mass is 16.5. The second kappa shape index (κ2) is 5.64. The summed E-state index contributed by atoms with van der Waals surface area (Å²) < 4.78 is 4.77. The smallest absolute Gasteiger partial charge is 0.309 e. The van der Waals surface area contributed by atoms with Gasteiger partial charge in [-0.2, -0.15) is 0 Å². The van der Waals surface area contributed by atoms with Crippen molar-refractivity contribution in [3.63, 3.8) is 0 Å². The Morgan fingerprint density at radius 3 is 2.81 bits per heavy atom. The zero-order valence-electron chi connectivity index (χ0n) is 10.5. The van der Waals surface area contributed by atoms with Gasteiger partial charge in [-0.05, 0) is 39.7 Å². The van der Waals surface area contributed by atoms with Gasteiger partial charge < -0.3 is 14.7 Å². The Hall–Kier alpha value is -0.610. The fourth-order valence-corrected chi connectivity index (χ4v) is 2.05. The fraction of sp³-hybridized carbons (Fsp3) is 0.917. The summed E-state index contributed by atoms with van der Waals surface area (Å²) in [4.78, 5) is 13.7. The van der Waals surface area contributed by atoms with E-state index in [0.29, 0.717) is 0 Å². The summed E-state index contributed by atoms with van der Waals surface area (Å²) >= 11 is 0. The second-order valence-corrected chi connectivity index (χ2v) is 5.23. The Labute approximate surface area is 97.6 Å². The number of aliphatic hydroxyl groups is 1. The molecule has 0 bridgehead atoms. The molecule has 0 spiro atoms. The minimum absolute atomic E-state index is 0.0144. The highest BCUT2D eigenvalue weighted by Crippen LogP contribution is 2.19. The zero-order valence-corrected chi connectivity index (χ0v) is 10.5. The summed E-state index contributed by atoms with van der Waals surface area (Å²) in [6, 6.07) is 0. The van der Waals surface area contributed by atoms with Crippen molar-refractivity contribution in [3.05, 3.63) is 0 Å². The Morgan fingerprint density at radius 2 is 2.25 bits per heavy atom. The number of hydrogen-bond donors (Lipinski definition) is 1. The highest BCUT2D eigenvalue weighted by molar-refractivity contribution is 5.72. The first-order chi connectivity index (χ1) is 7.42. The van der Waals surface area contributed by atoms with Crippen molar-refractivity contribution >= 4 is 5.97 Å². The van der Waals surface area contributed by atoms with Crippen LogP contribution in [0.4, 0.5) is 0 Å². The molecule has 94 valence electrons. The summed E-state index contributed by atoms with van der Waals surface area (Å²) in [5, 5.41) is 9.65. The number of methoxy groups -OCH3 is 1. The van der Waals surface area contributed by atoms with Gasteiger partial charge in [-0.3, -0.25) is 4.79 Å². The first-order valence-electron chi connectivity index (χ1n) is 5.95. The van der Waals surface area contributed by atoms with E-state index in [4.69, 9.17) is 4.74 Å². The lowest BCUT2D eigenvalue weighted by Gasteiger charge is -2.32. The van der Waals surface area contributed by atoms with Crippen molar-refractivity contribution in [2.75, 3.05) is 26.7 Å². The van der Waals surface area contributed by atoms with Crippen LogP contribution in [0.25, 0.3) is 0 Å². The van der Waals surface area contributed by atoms with Crippen molar-refractivity contribution in [1.82, 2.24) is 4.90 Å². The summed E-state index contributed by atoms with van der Waals surface area (Å²) in [7, 11) is 1.44. The van der Waals surface area contributed by atoms with Crippen molar-refractivity contribution in [2.24, 2.45) is 5.92 Å². The highest BCUT2D eigenvalue weighted by Gasteiger charge is 2.27. The van der Waals surface area contributed by atoms with Crippen molar-refractivity contribution in [3.8, 4) is 0 Å². The molecule has 1 aliphatic heterocycles. The van der Waals surface area contributed by atoms with E-state index >= 15 is 0 Å². The van der Waals surface area contributed by atoms with Crippen LogP contribution >= 0.6 is 0 Å². The third-order valence-corrected chi connectivity index (χ3v) is 3.08. The first-order valence-corrected chi connectivity index (χ1v) is 5.95. The fourth-order valence-electron chi connectivity index (χ4n) is 2.05. The van der Waals surface area contributed by atoms with E-state index in [1.54, 1.807) is 0 Å². The van der Waals surface area contributed by atoms with E-state index in [1.807, 2.05) is 13.8 Å². The molecule has 4 nitrogen and oxygen atoms in total. The van der Waals surface area contributed by atoms with Gasteiger partial charge in [0.15, 0.2) is 0 Å². The number of esters is 1. The molecule has 1 rings (SSSR count). The monoisotopic (exact) mass is 229 g/mol. The van der Waals surface area contributed by atoms with E-state index in [9.17, 15) is 9.90 Å². The molecule has 0 radical (unpaired) electrons. The summed E-state index contributed by atoms with van der Waals surface area (Å²) in [5.41, 5.74) is -0.627. The number of likely N-dealkylation sites (tertiary alicyclic amines) is 1. The largest absolute Gasteiger partial charge is 0.469 e. The van der Waals surface area contributed by atoms with E-state index < -0.39 is 5.60 Å². The molecule has 1 atom stereocenters. The minimum Gasteiger partial charge on any atom is -0.469 e. The van der Waals surface area contributed by atoms with Gasteiger partial charge in [0.05, 0.1) is 18.6 Å². The molecule has 1 heterocycles. The van der Waals surface area contributed by atoms with Gasteiger partial charge in [0.25, 0.3) is 0 Å². The van der Waals surface area contributed by atoms with Crippen LogP contribution < -0.4 is 0 Å². The SMILES string of the molecule is COC(=O)[C@H]1CCCN(CCC(C)(C)O)C1. The predicted octanol–water partition coefficient (Wildman–Crippen LogP) is 1.03. The zero-order chi connectivity index (χ0) is 12.2. The molecule has 0 amide bonds. The number of rotatable bonds is 4. The number of piperidine rings is 1. The average Bonchev–Trinajstić information content (AvgIpc) is 2.25. The Bertz CT molecular complexity index is 235. The van der Waals surface area contributed by atoms with Crippen LogP contribution in [0.5, 0.6) is 0 Å². The molecule has 0 aromatic carbocycles. The standard InChI is InChI=1S/C12H23NO3/c1-12(2,15)6-8-13-7-4-5-10(9-13)11(14)16-3/h10,15H,4-9H2,1-3H3/t10-/m0/s1. The molecule has 1 aliphatic rings. The van der Waals surface area contributed by atoms with Crippen molar-refractivity contribution in [1.29, 1.82) is 0 Å². The average molecular weight is 229 g/mol. The van der Waals surface area contributed by atoms with E-state index in [1.165, 1.54) is 7.11 Å². The third-order valence-electron chi connectivity index (χ3n) is 3.08. The minimum atomic E-state index is -0.627. The predicted molar refractivity (Wildman–Crippen MR) is 62.1 cm³/mol. The number of ether oxygens (including phenoxy) is 1. The van der Waals surface area contributed by atoms with Crippen LogP contribution in [0.15, 0.2) is 0 Å². The molecule has 1 fully saturated rings. The molecule has 0 aliphatic carbocycles. The first kappa shape index (κ1) is 13.5. The lowest BCUT2D eigenvalue weighted by Crippen LogP contribution is -2.41. The number of hydrogen-bond acceptors (Lipinski definition) is 4. The summed E-state index contributed by atoms with van der Waals surface area (Å²) in [5.74, 6) is -0.0893. The molecule has 0 aromatic rings. The van der Waals surface area contributed by atoms with Gasteiger partial charge >= 0.3 is 5.97 Å². The number of nitrogens with zero attached hydrogens (tertiary/aromatic N) is 1. The maximum absolute atomic E-state index is 11.4. The molecule has 16 heavy (non-hydrogen) atoms. The van der Waals surface area contributed by atoms with Crippen LogP contribution in [-0.4, -0.2) is 48.3 Å². The quantitative estimate of drug-likeness (QED) is 0.732. The molecule has 0 saturated carbocycles. The van der Waals surface area contributed by atoms with Gasteiger partial charge in [-0.25, -0.2) is 0 Å². The molecule has 1 saturated heterocycles. The molecule has 0 aromatic heterocycles. The van der Waals surface area contributed by atoms with Crippen LogP contribution in [0.3, 0.4) is 0 Å². The van der Waals surface area contributed by atoms with Crippen molar-refractivity contribution in [2.45, 2.75) is 38.7 Å². The van der Waals surface area contributed by atoms with Crippen LogP contribution in [0, 0.1) is 5.92 Å². The molecule has 1 N–H and O–H groups in total. The van der Waals surface area contributed by atoms with Gasteiger partial charge in [0.1, 0.15) is 0 Å². The second-order valence-electron chi connectivity index (χ2n) is 5.23. The molecule has 4 heteroatoms. The van der Waals surface area contributed by atoms with Gasteiger partial charge in [-0.1, -0.05) is 0 Å². The lowest BCUT2D eigenvalue weighted by molar-refractivity contribution is -0.147. The summed E-state index contributed by atoms with van der Waals surface area (Å²) in [6.45, 7) is 6.26. The van der Waals surface area contributed by atoms with Gasteiger partial charge in [0.2, 0.25) is 0 Å². The maximum atomic E-state index is 11.4. The van der Waals surface area contributed by atoms with Gasteiger partial charge in [-0.15, -0.1) is 0 Å². The van der Waals surface area contributed by atoms with Crippen LogP contribution in [-0.2, 0) is 9.53 Å². The maximum Gasteiger partial charge on any atom is 0.309 e. The molecule has 0 unspecified atom stereocenters. The van der Waals surface area contributed by atoms with Crippen LogP contribution in [0.1, 0.15) is 33.1 Å². The number of carbonyl (C=O) groups is 1. The Kier molecular flexibility index (Phi) is 4.74. The van der Waals surface area contributed by atoms with Crippen LogP contribution in [0.2, 0.25) is 0 Å². The number of carbonyl (C=O) groups excluding carboxylic acids is 1. The van der Waals surface area contributed by atoms with Crippen molar-refractivity contribution < 1.29 is 14.6 Å².